The Morgan fingerprint density at radius 2 is 2.03 bits per heavy atom. The van der Waals surface area contributed by atoms with Crippen LogP contribution in [0.2, 0.25) is 0 Å². The van der Waals surface area contributed by atoms with Crippen molar-refractivity contribution in [2.45, 2.75) is 12.8 Å². The third-order valence-corrected chi connectivity index (χ3v) is 5.04. The van der Waals surface area contributed by atoms with Crippen LogP contribution >= 0.6 is 0 Å². The molecule has 30 heavy (non-hydrogen) atoms. The molecule has 0 aliphatic carbocycles. The maximum Gasteiger partial charge on any atom is 0.300 e. The van der Waals surface area contributed by atoms with Gasteiger partial charge in [0.05, 0.1) is 30.1 Å². The van der Waals surface area contributed by atoms with E-state index in [-0.39, 0.29) is 11.8 Å². The fourth-order valence-electron chi connectivity index (χ4n) is 3.47. The zero-order chi connectivity index (χ0) is 20.7. The van der Waals surface area contributed by atoms with E-state index >= 15 is 0 Å². The van der Waals surface area contributed by atoms with E-state index in [9.17, 15) is 9.50 Å². The molecule has 1 aliphatic heterocycles. The minimum atomic E-state index is -0.867. The average Bonchev–Trinajstić information content (AvgIpc) is 3.14. The molecule has 1 N–H and O–H groups in total. The lowest BCUT2D eigenvalue weighted by atomic mass is 10.1. The van der Waals surface area contributed by atoms with Gasteiger partial charge in [-0.25, -0.2) is 4.39 Å². The van der Waals surface area contributed by atoms with Gasteiger partial charge < -0.3 is 9.84 Å². The zero-order valence-electron chi connectivity index (χ0n) is 16.1. The summed E-state index contributed by atoms with van der Waals surface area (Å²) in [6.07, 6.45) is 4.08. The summed E-state index contributed by atoms with van der Waals surface area (Å²) < 4.78 is 21.2. The Kier molecular flexibility index (Phi) is 4.40. The maximum atomic E-state index is 13.5. The summed E-state index contributed by atoms with van der Waals surface area (Å²) in [4.78, 5) is 10.1. The molecule has 0 amide bonds. The van der Waals surface area contributed by atoms with Gasteiger partial charge in [0.1, 0.15) is 11.6 Å². The van der Waals surface area contributed by atoms with Gasteiger partial charge in [-0.1, -0.05) is 12.1 Å². The topological polar surface area (TPSA) is 75.8 Å². The fourth-order valence-corrected chi connectivity index (χ4v) is 3.47. The van der Waals surface area contributed by atoms with Gasteiger partial charge >= 0.3 is 0 Å². The molecule has 2 aromatic heterocycles. The number of hydrogen-bond acceptors (Lipinski definition) is 6. The molecule has 0 saturated heterocycles. The second kappa shape index (κ2) is 7.23. The highest BCUT2D eigenvalue weighted by Gasteiger charge is 2.27. The largest absolute Gasteiger partial charge is 0.426 e. The third-order valence-electron chi connectivity index (χ3n) is 5.04. The minimum Gasteiger partial charge on any atom is -0.426 e. The standard InChI is InChI=1S/C22H18FN5O2/c1-27-21(29)18-7-8-24-12-19(18)26-22(27)30-17-5-6-20-15(10-17)11-25-28(20)13-14-3-2-4-16(23)9-14/h2-12,21,29H,13H2,1H3. The zero-order valence-corrected chi connectivity index (χ0v) is 16.1. The van der Waals surface area contributed by atoms with Crippen LogP contribution in [0.25, 0.3) is 10.9 Å². The molecule has 2 aromatic carbocycles. The molecule has 4 aromatic rings. The molecular formula is C22H18FN5O2. The number of hydrogen-bond donors (Lipinski definition) is 1. The Balaban J connectivity index is 1.42. The summed E-state index contributed by atoms with van der Waals surface area (Å²) >= 11 is 0. The predicted octanol–water partition coefficient (Wildman–Crippen LogP) is 3.62. The number of pyridine rings is 1. The van der Waals surface area contributed by atoms with Gasteiger partial charge in [0, 0.05) is 24.2 Å². The van der Waals surface area contributed by atoms with Gasteiger partial charge in [-0.2, -0.15) is 10.1 Å². The van der Waals surface area contributed by atoms with Gasteiger partial charge in [0.2, 0.25) is 0 Å². The quantitative estimate of drug-likeness (QED) is 0.565. The summed E-state index contributed by atoms with van der Waals surface area (Å²) in [7, 11) is 1.71. The van der Waals surface area contributed by atoms with Gasteiger partial charge in [-0.05, 0) is 42.0 Å². The predicted molar refractivity (Wildman–Crippen MR) is 110 cm³/mol. The smallest absolute Gasteiger partial charge is 0.300 e. The number of benzene rings is 2. The number of nitrogens with zero attached hydrogens (tertiary/aromatic N) is 5. The van der Waals surface area contributed by atoms with E-state index in [0.29, 0.717) is 23.5 Å². The van der Waals surface area contributed by atoms with Gasteiger partial charge in [0.15, 0.2) is 6.23 Å². The van der Waals surface area contributed by atoms with Crippen molar-refractivity contribution in [3.05, 3.63) is 84.1 Å². The highest BCUT2D eigenvalue weighted by Crippen LogP contribution is 2.32. The molecule has 0 saturated carbocycles. The number of aliphatic hydroxyl groups is 1. The van der Waals surface area contributed by atoms with Crippen LogP contribution in [0.15, 0.2) is 72.1 Å². The number of ether oxygens (including phenoxy) is 1. The van der Waals surface area contributed by atoms with E-state index in [4.69, 9.17) is 4.74 Å². The van der Waals surface area contributed by atoms with Crippen molar-refractivity contribution < 1.29 is 14.2 Å². The van der Waals surface area contributed by atoms with Crippen LogP contribution in [-0.4, -0.2) is 37.8 Å². The second-order valence-corrected chi connectivity index (χ2v) is 7.07. The van der Waals surface area contributed by atoms with Crippen LogP contribution in [-0.2, 0) is 6.54 Å². The molecule has 1 aliphatic rings. The van der Waals surface area contributed by atoms with E-state index in [0.717, 1.165) is 16.5 Å². The maximum absolute atomic E-state index is 13.5. The van der Waals surface area contributed by atoms with Crippen molar-refractivity contribution in [2.24, 2.45) is 4.99 Å². The number of fused-ring (bicyclic) bond motifs is 2. The van der Waals surface area contributed by atoms with Gasteiger partial charge in [0.25, 0.3) is 6.02 Å². The Morgan fingerprint density at radius 3 is 2.90 bits per heavy atom. The summed E-state index contributed by atoms with van der Waals surface area (Å²) in [5.74, 6) is 0.300. The Labute approximate surface area is 171 Å². The Bertz CT molecular complexity index is 1270. The monoisotopic (exact) mass is 403 g/mol. The minimum absolute atomic E-state index is 0.268. The van der Waals surface area contributed by atoms with Crippen molar-refractivity contribution in [1.82, 2.24) is 19.7 Å². The van der Waals surface area contributed by atoms with E-state index < -0.39 is 6.23 Å². The van der Waals surface area contributed by atoms with Crippen molar-refractivity contribution in [1.29, 1.82) is 0 Å². The molecular weight excluding hydrogens is 385 g/mol. The summed E-state index contributed by atoms with van der Waals surface area (Å²) in [6, 6.07) is 14.0. The average molecular weight is 403 g/mol. The van der Waals surface area contributed by atoms with Crippen molar-refractivity contribution in [2.75, 3.05) is 7.05 Å². The Morgan fingerprint density at radius 1 is 1.13 bits per heavy atom. The highest BCUT2D eigenvalue weighted by atomic mass is 19.1. The van der Waals surface area contributed by atoms with E-state index in [2.05, 4.69) is 15.1 Å². The first kappa shape index (κ1) is 18.3. The van der Waals surface area contributed by atoms with Crippen LogP contribution in [0.1, 0.15) is 17.4 Å². The number of aromatic nitrogens is 3. The highest BCUT2D eigenvalue weighted by molar-refractivity contribution is 5.85. The molecule has 0 bridgehead atoms. The molecule has 1 unspecified atom stereocenters. The SMILES string of the molecule is CN1C(Oc2ccc3c(cnn3Cc3cccc(F)c3)c2)=Nc2cnccc2C1O. The fraction of sp³-hybridized carbons (Fsp3) is 0.136. The van der Waals surface area contributed by atoms with Crippen LogP contribution in [0.3, 0.4) is 0 Å². The van der Waals surface area contributed by atoms with Gasteiger partial charge in [-0.15, -0.1) is 0 Å². The first-order valence-corrected chi connectivity index (χ1v) is 9.40. The van der Waals surface area contributed by atoms with Crippen LogP contribution in [0.4, 0.5) is 10.1 Å². The molecule has 150 valence electrons. The molecule has 3 heterocycles. The van der Waals surface area contributed by atoms with Crippen LogP contribution < -0.4 is 4.74 Å². The van der Waals surface area contributed by atoms with E-state index in [1.807, 2.05) is 28.9 Å². The van der Waals surface area contributed by atoms with Gasteiger partial charge in [-0.3, -0.25) is 14.6 Å². The molecule has 8 heteroatoms. The van der Waals surface area contributed by atoms with Crippen molar-refractivity contribution in [3.63, 3.8) is 0 Å². The van der Waals surface area contributed by atoms with Crippen LogP contribution in [0, 0.1) is 5.82 Å². The van der Waals surface area contributed by atoms with Crippen LogP contribution in [0.5, 0.6) is 5.75 Å². The second-order valence-electron chi connectivity index (χ2n) is 7.07. The normalized spacial score (nSPS) is 15.8. The van der Waals surface area contributed by atoms with E-state index in [1.165, 1.54) is 12.1 Å². The summed E-state index contributed by atoms with van der Waals surface area (Å²) in [5.41, 5.74) is 2.98. The lowest BCUT2D eigenvalue weighted by Crippen LogP contribution is -2.37. The lowest BCUT2D eigenvalue weighted by Gasteiger charge is -2.30. The first-order valence-electron chi connectivity index (χ1n) is 9.40. The number of rotatable bonds is 3. The lowest BCUT2D eigenvalue weighted by molar-refractivity contribution is 0.0556. The van der Waals surface area contributed by atoms with Crippen molar-refractivity contribution >= 4 is 22.6 Å². The number of amidine groups is 1. The Hall–Kier alpha value is -3.78. The number of aliphatic hydroxyl groups excluding tert-OH is 1. The molecule has 5 rings (SSSR count). The molecule has 1 atom stereocenters. The first-order chi connectivity index (χ1) is 14.6. The number of aliphatic imine (C=N–C) groups is 1. The molecule has 7 nitrogen and oxygen atoms in total. The summed E-state index contributed by atoms with van der Waals surface area (Å²) in [5, 5.41) is 15.8. The molecule has 0 radical (unpaired) electrons. The molecule has 0 fully saturated rings. The molecule has 0 spiro atoms. The summed E-state index contributed by atoms with van der Waals surface area (Å²) in [6.45, 7) is 0.465. The van der Waals surface area contributed by atoms with Crippen molar-refractivity contribution in [3.8, 4) is 5.75 Å². The van der Waals surface area contributed by atoms with E-state index in [1.54, 1.807) is 42.7 Å². The number of halogens is 1. The third kappa shape index (κ3) is 3.27.